The summed E-state index contributed by atoms with van der Waals surface area (Å²) in [5.41, 5.74) is 5.67. The monoisotopic (exact) mass is 294 g/mol. The molecule has 22 heavy (non-hydrogen) atoms. The number of fused-ring (bicyclic) bond motifs is 1. The van der Waals surface area contributed by atoms with Crippen LogP contribution in [-0.4, -0.2) is 24.0 Å². The lowest BCUT2D eigenvalue weighted by molar-refractivity contribution is 0.283. The van der Waals surface area contributed by atoms with E-state index in [1.165, 1.54) is 22.4 Å². The lowest BCUT2D eigenvalue weighted by Crippen LogP contribution is -2.25. The molecule has 1 unspecified atom stereocenters. The van der Waals surface area contributed by atoms with Crippen LogP contribution in [0.5, 0.6) is 0 Å². The van der Waals surface area contributed by atoms with Gasteiger partial charge in [-0.25, -0.2) is 0 Å². The Hall–Kier alpha value is -1.80. The average molecular weight is 294 g/mol. The van der Waals surface area contributed by atoms with Gasteiger partial charge in [-0.1, -0.05) is 49.4 Å². The van der Waals surface area contributed by atoms with Gasteiger partial charge in [0.05, 0.1) is 0 Å². The summed E-state index contributed by atoms with van der Waals surface area (Å²) in [6.45, 7) is 7.75. The fourth-order valence-electron chi connectivity index (χ4n) is 3.24. The molecule has 0 fully saturated rings. The maximum absolute atomic E-state index is 3.52. The van der Waals surface area contributed by atoms with Gasteiger partial charge >= 0.3 is 0 Å². The molecule has 116 valence electrons. The number of hydrogen-bond acceptors (Lipinski definition) is 2. The summed E-state index contributed by atoms with van der Waals surface area (Å²) < 4.78 is 0. The predicted molar refractivity (Wildman–Crippen MR) is 94.3 cm³/mol. The standard InChI is InChI=1S/C20H26N2/c1-3-22(15-18-7-5-4-6-8-18)12-11-17-9-10-20-19(14-17)13-16(2)21-20/h4-10,14,16,21H,3,11-13,15H2,1-2H3. The highest BCUT2D eigenvalue weighted by molar-refractivity contribution is 5.57. The first-order chi connectivity index (χ1) is 10.7. The van der Waals surface area contributed by atoms with Gasteiger partial charge in [-0.15, -0.1) is 0 Å². The highest BCUT2D eigenvalue weighted by atomic mass is 15.1. The Kier molecular flexibility index (Phi) is 4.79. The fraction of sp³-hybridized carbons (Fsp3) is 0.400. The van der Waals surface area contributed by atoms with Crippen LogP contribution in [-0.2, 0) is 19.4 Å². The summed E-state index contributed by atoms with van der Waals surface area (Å²) in [4.78, 5) is 2.52. The zero-order valence-corrected chi connectivity index (χ0v) is 13.7. The molecular formula is C20H26N2. The largest absolute Gasteiger partial charge is 0.382 e. The quantitative estimate of drug-likeness (QED) is 0.862. The summed E-state index contributed by atoms with van der Waals surface area (Å²) in [6.07, 6.45) is 2.28. The van der Waals surface area contributed by atoms with Gasteiger partial charge in [0.25, 0.3) is 0 Å². The molecule has 2 aromatic carbocycles. The molecule has 0 saturated carbocycles. The third-order valence-electron chi connectivity index (χ3n) is 4.51. The van der Waals surface area contributed by atoms with Gasteiger partial charge in [0.2, 0.25) is 0 Å². The molecule has 3 rings (SSSR count). The number of likely N-dealkylation sites (N-methyl/N-ethyl adjacent to an activating group) is 1. The van der Waals surface area contributed by atoms with Gasteiger partial charge in [0.15, 0.2) is 0 Å². The Morgan fingerprint density at radius 1 is 1.09 bits per heavy atom. The van der Waals surface area contributed by atoms with Crippen molar-refractivity contribution in [2.45, 2.75) is 39.3 Å². The number of benzene rings is 2. The Balaban J connectivity index is 1.58. The second kappa shape index (κ2) is 6.97. The van der Waals surface area contributed by atoms with Crippen molar-refractivity contribution in [1.29, 1.82) is 0 Å². The Morgan fingerprint density at radius 2 is 1.91 bits per heavy atom. The molecule has 1 N–H and O–H groups in total. The van der Waals surface area contributed by atoms with Crippen molar-refractivity contribution in [1.82, 2.24) is 4.90 Å². The Labute approximate surface area is 134 Å². The highest BCUT2D eigenvalue weighted by Crippen LogP contribution is 2.26. The number of hydrogen-bond donors (Lipinski definition) is 1. The van der Waals surface area contributed by atoms with Gasteiger partial charge < -0.3 is 5.32 Å². The molecule has 0 radical (unpaired) electrons. The number of nitrogens with zero attached hydrogens (tertiary/aromatic N) is 1. The first-order valence-electron chi connectivity index (χ1n) is 8.39. The van der Waals surface area contributed by atoms with Gasteiger partial charge in [-0.2, -0.15) is 0 Å². The van der Waals surface area contributed by atoms with E-state index in [1.54, 1.807) is 0 Å². The van der Waals surface area contributed by atoms with Crippen LogP contribution in [0.1, 0.15) is 30.5 Å². The lowest BCUT2D eigenvalue weighted by atomic mass is 10.0. The molecule has 1 aliphatic rings. The molecule has 0 saturated heterocycles. The molecule has 0 aromatic heterocycles. The van der Waals surface area contributed by atoms with E-state index < -0.39 is 0 Å². The molecule has 2 heteroatoms. The number of rotatable bonds is 6. The van der Waals surface area contributed by atoms with Crippen LogP contribution in [0.3, 0.4) is 0 Å². The second-order valence-corrected chi connectivity index (χ2v) is 6.35. The van der Waals surface area contributed by atoms with E-state index in [-0.39, 0.29) is 0 Å². The summed E-state index contributed by atoms with van der Waals surface area (Å²) in [5, 5.41) is 3.52. The first kappa shape index (κ1) is 15.1. The van der Waals surface area contributed by atoms with E-state index in [4.69, 9.17) is 0 Å². The van der Waals surface area contributed by atoms with Crippen molar-refractivity contribution in [3.05, 3.63) is 65.2 Å². The zero-order valence-electron chi connectivity index (χ0n) is 13.7. The van der Waals surface area contributed by atoms with E-state index in [1.807, 2.05) is 0 Å². The van der Waals surface area contributed by atoms with Crippen molar-refractivity contribution < 1.29 is 0 Å². The fourth-order valence-corrected chi connectivity index (χ4v) is 3.24. The summed E-state index contributed by atoms with van der Waals surface area (Å²) >= 11 is 0. The predicted octanol–water partition coefficient (Wildman–Crippen LogP) is 4.11. The van der Waals surface area contributed by atoms with Gasteiger partial charge in [0.1, 0.15) is 0 Å². The van der Waals surface area contributed by atoms with Gasteiger partial charge in [0, 0.05) is 24.8 Å². The van der Waals surface area contributed by atoms with Gasteiger partial charge in [-0.3, -0.25) is 4.90 Å². The highest BCUT2D eigenvalue weighted by Gasteiger charge is 2.16. The Morgan fingerprint density at radius 3 is 2.68 bits per heavy atom. The smallest absolute Gasteiger partial charge is 0.0375 e. The SMILES string of the molecule is CCN(CCc1ccc2c(c1)CC(C)N2)Cc1ccccc1. The van der Waals surface area contributed by atoms with E-state index in [9.17, 15) is 0 Å². The number of anilines is 1. The average Bonchev–Trinajstić information content (AvgIpc) is 2.91. The lowest BCUT2D eigenvalue weighted by Gasteiger charge is -2.20. The molecule has 0 bridgehead atoms. The molecule has 0 aliphatic carbocycles. The second-order valence-electron chi connectivity index (χ2n) is 6.35. The molecule has 2 aromatic rings. The number of nitrogens with one attached hydrogen (secondary N) is 1. The van der Waals surface area contributed by atoms with Crippen LogP contribution >= 0.6 is 0 Å². The third kappa shape index (κ3) is 3.69. The van der Waals surface area contributed by atoms with Crippen molar-refractivity contribution in [2.24, 2.45) is 0 Å². The zero-order chi connectivity index (χ0) is 15.4. The maximum Gasteiger partial charge on any atom is 0.0375 e. The van der Waals surface area contributed by atoms with Crippen LogP contribution in [0.2, 0.25) is 0 Å². The van der Waals surface area contributed by atoms with Crippen LogP contribution in [0.15, 0.2) is 48.5 Å². The van der Waals surface area contributed by atoms with Crippen LogP contribution in [0.25, 0.3) is 0 Å². The van der Waals surface area contributed by atoms with Crippen molar-refractivity contribution >= 4 is 5.69 Å². The van der Waals surface area contributed by atoms with E-state index >= 15 is 0 Å². The topological polar surface area (TPSA) is 15.3 Å². The molecule has 1 heterocycles. The van der Waals surface area contributed by atoms with Gasteiger partial charge in [-0.05, 0) is 49.1 Å². The minimum Gasteiger partial charge on any atom is -0.382 e. The normalized spacial score (nSPS) is 16.6. The Bertz CT molecular complexity index is 606. The van der Waals surface area contributed by atoms with Crippen molar-refractivity contribution in [3.63, 3.8) is 0 Å². The molecule has 1 aliphatic heterocycles. The minimum absolute atomic E-state index is 0.579. The summed E-state index contributed by atoms with van der Waals surface area (Å²) in [7, 11) is 0. The first-order valence-corrected chi connectivity index (χ1v) is 8.39. The molecular weight excluding hydrogens is 268 g/mol. The van der Waals surface area contributed by atoms with Crippen molar-refractivity contribution in [2.75, 3.05) is 18.4 Å². The van der Waals surface area contributed by atoms with Crippen LogP contribution in [0.4, 0.5) is 5.69 Å². The minimum atomic E-state index is 0.579. The molecule has 2 nitrogen and oxygen atoms in total. The van der Waals surface area contributed by atoms with E-state index in [0.717, 1.165) is 32.5 Å². The van der Waals surface area contributed by atoms with Crippen molar-refractivity contribution in [3.8, 4) is 0 Å². The van der Waals surface area contributed by atoms with E-state index in [2.05, 4.69) is 72.6 Å². The molecule has 1 atom stereocenters. The van der Waals surface area contributed by atoms with Crippen LogP contribution < -0.4 is 5.32 Å². The summed E-state index contributed by atoms with van der Waals surface area (Å²) in [5.74, 6) is 0. The van der Waals surface area contributed by atoms with Crippen LogP contribution in [0, 0.1) is 0 Å². The third-order valence-corrected chi connectivity index (χ3v) is 4.51. The molecule has 0 spiro atoms. The summed E-state index contributed by atoms with van der Waals surface area (Å²) in [6, 6.07) is 18.3. The molecule has 0 amide bonds. The van der Waals surface area contributed by atoms with E-state index in [0.29, 0.717) is 6.04 Å². The maximum atomic E-state index is 3.52.